The average Bonchev–Trinajstić information content (AvgIpc) is 2.47. The van der Waals surface area contributed by atoms with Crippen molar-refractivity contribution in [2.24, 2.45) is 0 Å². The number of nitriles is 1. The minimum Gasteiger partial charge on any atom is -0.486 e. The Labute approximate surface area is 130 Å². The van der Waals surface area contributed by atoms with E-state index in [2.05, 4.69) is 0 Å². The molecule has 6 heteroatoms. The van der Waals surface area contributed by atoms with Crippen LogP contribution in [-0.2, 0) is 6.18 Å². The maximum atomic E-state index is 12.9. The summed E-state index contributed by atoms with van der Waals surface area (Å²) in [7, 11) is 0. The van der Waals surface area contributed by atoms with Crippen LogP contribution in [0.1, 0.15) is 29.7 Å². The summed E-state index contributed by atoms with van der Waals surface area (Å²) in [6, 6.07) is 11.6. The maximum Gasteiger partial charge on any atom is 0.417 e. The quantitative estimate of drug-likeness (QED) is 0.760. The van der Waals surface area contributed by atoms with Gasteiger partial charge in [-0.15, -0.1) is 0 Å². The molecule has 0 spiro atoms. The fraction of sp³-hybridized carbons (Fsp3) is 0.188. The molecule has 1 atom stereocenters. The first-order valence-corrected chi connectivity index (χ1v) is 6.72. The molecular weight excluding hydrogens is 315 g/mol. The lowest BCUT2D eigenvalue weighted by Crippen LogP contribution is -2.09. The van der Waals surface area contributed by atoms with Gasteiger partial charge in [-0.05, 0) is 42.8 Å². The standard InChI is InChI=1S/C16H11ClF3NO/c1-10(11-2-5-13(17)6-3-11)22-14-7-4-12(9-21)15(8-14)16(18,19)20/h2-8,10H,1H3. The van der Waals surface area contributed by atoms with Crippen LogP contribution in [-0.4, -0.2) is 0 Å². The van der Waals surface area contributed by atoms with Crippen molar-refractivity contribution in [3.05, 3.63) is 64.2 Å². The average molecular weight is 326 g/mol. The number of alkyl halides is 3. The lowest BCUT2D eigenvalue weighted by atomic mass is 10.1. The highest BCUT2D eigenvalue weighted by Gasteiger charge is 2.34. The zero-order chi connectivity index (χ0) is 16.3. The van der Waals surface area contributed by atoms with Crippen molar-refractivity contribution in [1.29, 1.82) is 5.26 Å². The fourth-order valence-corrected chi connectivity index (χ4v) is 2.06. The number of hydrogen-bond donors (Lipinski definition) is 0. The van der Waals surface area contributed by atoms with E-state index in [-0.39, 0.29) is 5.75 Å². The lowest BCUT2D eigenvalue weighted by molar-refractivity contribution is -0.137. The van der Waals surface area contributed by atoms with Crippen LogP contribution in [0.15, 0.2) is 42.5 Å². The third kappa shape index (κ3) is 3.71. The minimum atomic E-state index is -4.60. The van der Waals surface area contributed by atoms with E-state index in [1.807, 2.05) is 0 Å². The third-order valence-electron chi connectivity index (χ3n) is 3.07. The summed E-state index contributed by atoms with van der Waals surface area (Å²) in [5, 5.41) is 9.32. The molecule has 22 heavy (non-hydrogen) atoms. The molecule has 0 aliphatic heterocycles. The van der Waals surface area contributed by atoms with Gasteiger partial charge in [0.1, 0.15) is 11.9 Å². The van der Waals surface area contributed by atoms with Crippen LogP contribution >= 0.6 is 11.6 Å². The number of nitrogens with zero attached hydrogens (tertiary/aromatic N) is 1. The SMILES string of the molecule is CC(Oc1ccc(C#N)c(C(F)(F)F)c1)c1ccc(Cl)cc1. The molecule has 2 aromatic carbocycles. The Balaban J connectivity index is 2.27. The monoisotopic (exact) mass is 325 g/mol. The van der Waals surface area contributed by atoms with E-state index >= 15 is 0 Å². The van der Waals surface area contributed by atoms with Gasteiger partial charge in [-0.2, -0.15) is 18.4 Å². The highest BCUT2D eigenvalue weighted by molar-refractivity contribution is 6.30. The van der Waals surface area contributed by atoms with E-state index in [0.717, 1.165) is 17.7 Å². The Kier molecular flexibility index (Phi) is 4.62. The molecule has 0 bridgehead atoms. The summed E-state index contributed by atoms with van der Waals surface area (Å²) in [4.78, 5) is 0. The van der Waals surface area contributed by atoms with E-state index in [0.29, 0.717) is 5.02 Å². The van der Waals surface area contributed by atoms with Gasteiger partial charge in [0.15, 0.2) is 0 Å². The van der Waals surface area contributed by atoms with Crippen LogP contribution in [0.25, 0.3) is 0 Å². The smallest absolute Gasteiger partial charge is 0.417 e. The molecule has 0 fully saturated rings. The Bertz CT molecular complexity index is 705. The van der Waals surface area contributed by atoms with Crippen molar-refractivity contribution < 1.29 is 17.9 Å². The van der Waals surface area contributed by atoms with Gasteiger partial charge >= 0.3 is 6.18 Å². The second-order valence-corrected chi connectivity index (χ2v) is 5.07. The molecule has 1 unspecified atom stereocenters. The molecule has 0 radical (unpaired) electrons. The summed E-state index contributed by atoms with van der Waals surface area (Å²) in [6.07, 6.45) is -5.06. The number of halogens is 4. The van der Waals surface area contributed by atoms with E-state index in [1.54, 1.807) is 31.2 Å². The van der Waals surface area contributed by atoms with Gasteiger partial charge in [0.05, 0.1) is 17.2 Å². The van der Waals surface area contributed by atoms with Crippen LogP contribution in [0.3, 0.4) is 0 Å². The second kappa shape index (κ2) is 6.29. The van der Waals surface area contributed by atoms with Gasteiger partial charge in [0.2, 0.25) is 0 Å². The molecule has 2 nitrogen and oxygen atoms in total. The van der Waals surface area contributed by atoms with E-state index < -0.39 is 23.4 Å². The number of benzene rings is 2. The molecule has 114 valence electrons. The normalized spacial score (nSPS) is 12.5. The van der Waals surface area contributed by atoms with Crippen molar-refractivity contribution in [2.45, 2.75) is 19.2 Å². The van der Waals surface area contributed by atoms with Gasteiger partial charge in [0.25, 0.3) is 0 Å². The first-order valence-electron chi connectivity index (χ1n) is 6.34. The second-order valence-electron chi connectivity index (χ2n) is 4.63. The van der Waals surface area contributed by atoms with Gasteiger partial charge in [-0.25, -0.2) is 0 Å². The fourth-order valence-electron chi connectivity index (χ4n) is 1.93. The van der Waals surface area contributed by atoms with E-state index in [9.17, 15) is 13.2 Å². The Hall–Kier alpha value is -2.19. The van der Waals surface area contributed by atoms with Gasteiger partial charge in [-0.1, -0.05) is 23.7 Å². The Morgan fingerprint density at radius 1 is 1.14 bits per heavy atom. The Morgan fingerprint density at radius 3 is 2.32 bits per heavy atom. The molecule has 0 aliphatic carbocycles. The number of rotatable bonds is 3. The van der Waals surface area contributed by atoms with E-state index in [1.165, 1.54) is 12.1 Å². The van der Waals surface area contributed by atoms with Crippen LogP contribution in [0.2, 0.25) is 5.02 Å². The largest absolute Gasteiger partial charge is 0.486 e. The lowest BCUT2D eigenvalue weighted by Gasteiger charge is -2.17. The molecular formula is C16H11ClF3NO. The first kappa shape index (κ1) is 16.2. The number of ether oxygens (including phenoxy) is 1. The molecule has 0 saturated heterocycles. The van der Waals surface area contributed by atoms with Crippen LogP contribution in [0.4, 0.5) is 13.2 Å². The van der Waals surface area contributed by atoms with Crippen molar-refractivity contribution in [2.75, 3.05) is 0 Å². The molecule has 0 aromatic heterocycles. The summed E-state index contributed by atoms with van der Waals surface area (Å²) in [6.45, 7) is 1.72. The van der Waals surface area contributed by atoms with Crippen molar-refractivity contribution in [3.8, 4) is 11.8 Å². The molecule has 2 rings (SSSR count). The zero-order valence-corrected chi connectivity index (χ0v) is 12.2. The summed E-state index contributed by atoms with van der Waals surface area (Å²) < 4.78 is 44.2. The Morgan fingerprint density at radius 2 is 1.77 bits per heavy atom. The molecule has 0 aliphatic rings. The summed E-state index contributed by atoms with van der Waals surface area (Å²) in [5.41, 5.74) is -0.655. The van der Waals surface area contributed by atoms with E-state index in [4.69, 9.17) is 21.6 Å². The predicted molar refractivity (Wildman–Crippen MR) is 76.7 cm³/mol. The molecule has 0 amide bonds. The van der Waals surface area contributed by atoms with Crippen LogP contribution in [0.5, 0.6) is 5.75 Å². The highest BCUT2D eigenvalue weighted by Crippen LogP contribution is 2.35. The number of hydrogen-bond acceptors (Lipinski definition) is 2. The van der Waals surface area contributed by atoms with Crippen molar-refractivity contribution >= 4 is 11.6 Å². The van der Waals surface area contributed by atoms with Crippen molar-refractivity contribution in [1.82, 2.24) is 0 Å². The van der Waals surface area contributed by atoms with Gasteiger partial charge in [0, 0.05) is 5.02 Å². The topological polar surface area (TPSA) is 33.0 Å². The summed E-state index contributed by atoms with van der Waals surface area (Å²) >= 11 is 5.78. The third-order valence-corrected chi connectivity index (χ3v) is 3.32. The summed E-state index contributed by atoms with van der Waals surface area (Å²) in [5.74, 6) is 0.0498. The molecule has 0 heterocycles. The maximum absolute atomic E-state index is 12.9. The first-order chi connectivity index (χ1) is 10.3. The highest BCUT2D eigenvalue weighted by atomic mass is 35.5. The molecule has 2 aromatic rings. The van der Waals surface area contributed by atoms with Crippen molar-refractivity contribution in [3.63, 3.8) is 0 Å². The van der Waals surface area contributed by atoms with Crippen LogP contribution < -0.4 is 4.74 Å². The zero-order valence-electron chi connectivity index (χ0n) is 11.5. The molecule has 0 saturated carbocycles. The van der Waals surface area contributed by atoms with Gasteiger partial charge in [-0.3, -0.25) is 0 Å². The minimum absolute atomic E-state index is 0.0498. The predicted octanol–water partition coefficient (Wildman–Crippen LogP) is 5.37. The van der Waals surface area contributed by atoms with Crippen LogP contribution in [0, 0.1) is 11.3 Å². The molecule has 0 N–H and O–H groups in total. The van der Waals surface area contributed by atoms with Gasteiger partial charge < -0.3 is 4.74 Å².